The first kappa shape index (κ1) is 18.5. The van der Waals surface area contributed by atoms with Gasteiger partial charge in [-0.25, -0.2) is 23.9 Å². The predicted molar refractivity (Wildman–Crippen MR) is 104 cm³/mol. The summed E-state index contributed by atoms with van der Waals surface area (Å²) in [6, 6.07) is 2.41. The van der Waals surface area contributed by atoms with Gasteiger partial charge in [-0.2, -0.15) is 5.10 Å². The van der Waals surface area contributed by atoms with E-state index >= 15 is 0 Å². The summed E-state index contributed by atoms with van der Waals surface area (Å²) in [6.07, 6.45) is 5.10. The maximum absolute atomic E-state index is 14.2. The number of aromatic nitrogens is 4. The number of hydroxylamine groups is 1. The molecule has 0 radical (unpaired) electrons. The van der Waals surface area contributed by atoms with Crippen LogP contribution in [0.1, 0.15) is 34.8 Å². The van der Waals surface area contributed by atoms with Crippen molar-refractivity contribution >= 4 is 17.4 Å². The second-order valence-electron chi connectivity index (χ2n) is 7.72. The number of halogens is 1. The average molecular weight is 426 g/mol. The summed E-state index contributed by atoms with van der Waals surface area (Å²) < 4.78 is 27.5. The zero-order chi connectivity index (χ0) is 20.9. The van der Waals surface area contributed by atoms with Crippen molar-refractivity contribution in [1.82, 2.24) is 24.9 Å². The van der Waals surface area contributed by atoms with Gasteiger partial charge in [0, 0.05) is 30.7 Å². The molecule has 3 aromatic heterocycles. The Balaban J connectivity index is 1.54. The molecule has 6 rings (SSSR count). The highest BCUT2D eigenvalue weighted by atomic mass is 19.1. The topological polar surface area (TPSA) is 103 Å². The van der Waals surface area contributed by atoms with E-state index in [1.54, 1.807) is 17.3 Å². The van der Waals surface area contributed by atoms with Crippen LogP contribution in [0.3, 0.4) is 0 Å². The summed E-state index contributed by atoms with van der Waals surface area (Å²) in [7, 11) is 0. The predicted octanol–water partition coefficient (Wildman–Crippen LogP) is 1.43. The van der Waals surface area contributed by atoms with Gasteiger partial charge >= 0.3 is 0 Å². The van der Waals surface area contributed by atoms with Crippen molar-refractivity contribution in [2.24, 2.45) is 0 Å². The van der Waals surface area contributed by atoms with Gasteiger partial charge in [-0.1, -0.05) is 0 Å². The number of hydrogen-bond donors (Lipinski definition) is 1. The molecule has 3 aliphatic rings. The Bertz CT molecular complexity index is 1170. The van der Waals surface area contributed by atoms with E-state index < -0.39 is 11.9 Å². The van der Waals surface area contributed by atoms with Gasteiger partial charge in [-0.05, 0) is 6.07 Å². The Kier molecular flexibility index (Phi) is 4.25. The zero-order valence-corrected chi connectivity index (χ0v) is 16.4. The Morgan fingerprint density at radius 2 is 2.16 bits per heavy atom. The van der Waals surface area contributed by atoms with Crippen molar-refractivity contribution in [1.29, 1.82) is 0 Å². The first-order valence-electron chi connectivity index (χ1n) is 10.1. The van der Waals surface area contributed by atoms with E-state index in [0.29, 0.717) is 61.1 Å². The van der Waals surface area contributed by atoms with E-state index in [2.05, 4.69) is 20.4 Å². The van der Waals surface area contributed by atoms with Gasteiger partial charge in [-0.15, -0.1) is 0 Å². The molecule has 160 valence electrons. The Morgan fingerprint density at radius 1 is 1.23 bits per heavy atom. The molecule has 1 unspecified atom stereocenters. The minimum absolute atomic E-state index is 0.295. The van der Waals surface area contributed by atoms with Gasteiger partial charge < -0.3 is 14.8 Å². The van der Waals surface area contributed by atoms with Crippen LogP contribution in [0.15, 0.2) is 30.7 Å². The summed E-state index contributed by atoms with van der Waals surface area (Å²) in [6.45, 7) is 1.22. The van der Waals surface area contributed by atoms with Crippen molar-refractivity contribution in [3.8, 4) is 5.88 Å². The van der Waals surface area contributed by atoms with Crippen LogP contribution in [-0.4, -0.2) is 57.5 Å². The SMILES string of the molecule is O=C1NC2COCC[C@@H]2Oc2ncc(F)cc2[C@H]2CCON2c2ccn3ncc1c3n2. The summed E-state index contributed by atoms with van der Waals surface area (Å²) in [4.78, 5) is 27.7. The number of amides is 1. The highest BCUT2D eigenvalue weighted by Crippen LogP contribution is 2.38. The minimum atomic E-state index is -0.461. The molecule has 3 aliphatic heterocycles. The Hall–Kier alpha value is -3.31. The van der Waals surface area contributed by atoms with Crippen molar-refractivity contribution in [2.75, 3.05) is 24.9 Å². The molecule has 0 spiro atoms. The van der Waals surface area contributed by atoms with Crippen LogP contribution in [-0.2, 0) is 9.57 Å². The number of anilines is 1. The lowest BCUT2D eigenvalue weighted by Crippen LogP contribution is -2.52. The second kappa shape index (κ2) is 7.13. The third-order valence-corrected chi connectivity index (χ3v) is 5.81. The Labute approximate surface area is 175 Å². The fraction of sp³-hybridized carbons (Fsp3) is 0.400. The first-order chi connectivity index (χ1) is 15.2. The molecule has 3 aromatic rings. The normalized spacial score (nSPS) is 25.5. The van der Waals surface area contributed by atoms with E-state index in [4.69, 9.17) is 14.3 Å². The van der Waals surface area contributed by atoms with E-state index in [1.165, 1.54) is 16.8 Å². The van der Waals surface area contributed by atoms with Crippen LogP contribution in [0.5, 0.6) is 5.88 Å². The molecule has 0 aliphatic carbocycles. The maximum atomic E-state index is 14.2. The lowest BCUT2D eigenvalue weighted by Gasteiger charge is -2.33. The molecule has 10 nitrogen and oxygen atoms in total. The molecule has 3 atom stereocenters. The minimum Gasteiger partial charge on any atom is -0.472 e. The lowest BCUT2D eigenvalue weighted by molar-refractivity contribution is -0.00506. The zero-order valence-electron chi connectivity index (χ0n) is 16.4. The number of nitrogens with one attached hydrogen (secondary N) is 1. The highest BCUT2D eigenvalue weighted by Gasteiger charge is 2.36. The van der Waals surface area contributed by atoms with Gasteiger partial charge in [0.25, 0.3) is 5.91 Å². The largest absolute Gasteiger partial charge is 0.472 e. The van der Waals surface area contributed by atoms with E-state index in [9.17, 15) is 9.18 Å². The molecular weight excluding hydrogens is 407 g/mol. The van der Waals surface area contributed by atoms with Crippen LogP contribution in [0.25, 0.3) is 5.65 Å². The molecule has 2 saturated heterocycles. The van der Waals surface area contributed by atoms with E-state index in [1.807, 2.05) is 0 Å². The van der Waals surface area contributed by atoms with Crippen molar-refractivity contribution < 1.29 is 23.5 Å². The number of ether oxygens (including phenoxy) is 2. The van der Waals surface area contributed by atoms with Crippen LogP contribution in [0.4, 0.5) is 10.2 Å². The molecule has 0 saturated carbocycles. The third-order valence-electron chi connectivity index (χ3n) is 5.81. The van der Waals surface area contributed by atoms with Gasteiger partial charge in [0.05, 0.1) is 44.3 Å². The van der Waals surface area contributed by atoms with Crippen molar-refractivity contribution in [2.45, 2.75) is 31.0 Å². The average Bonchev–Trinajstić information content (AvgIpc) is 3.42. The fourth-order valence-electron chi connectivity index (χ4n) is 4.28. The second-order valence-corrected chi connectivity index (χ2v) is 7.72. The fourth-order valence-corrected chi connectivity index (χ4v) is 4.28. The molecule has 31 heavy (non-hydrogen) atoms. The number of nitrogens with zero attached hydrogens (tertiary/aromatic N) is 5. The number of hydrogen-bond acceptors (Lipinski definition) is 8. The van der Waals surface area contributed by atoms with Crippen molar-refractivity contribution in [3.63, 3.8) is 0 Å². The lowest BCUT2D eigenvalue weighted by atomic mass is 10.0. The van der Waals surface area contributed by atoms with Gasteiger partial charge in [0.15, 0.2) is 11.5 Å². The molecule has 1 N–H and O–H groups in total. The van der Waals surface area contributed by atoms with Gasteiger partial charge in [0.1, 0.15) is 17.5 Å². The first-order valence-corrected chi connectivity index (χ1v) is 10.1. The Morgan fingerprint density at radius 3 is 3.10 bits per heavy atom. The molecule has 1 amide bonds. The van der Waals surface area contributed by atoms with Gasteiger partial charge in [0.2, 0.25) is 5.88 Å². The molecule has 2 fully saturated rings. The molecular formula is C20H19FN6O4. The number of carbonyl (C=O) groups excluding carboxylic acids is 1. The molecule has 6 heterocycles. The monoisotopic (exact) mass is 426 g/mol. The van der Waals surface area contributed by atoms with Gasteiger partial charge in [-0.3, -0.25) is 9.63 Å². The van der Waals surface area contributed by atoms with E-state index in [-0.39, 0.29) is 18.1 Å². The van der Waals surface area contributed by atoms with Crippen LogP contribution >= 0.6 is 0 Å². The summed E-state index contributed by atoms with van der Waals surface area (Å²) in [5, 5.41) is 8.83. The summed E-state index contributed by atoms with van der Waals surface area (Å²) >= 11 is 0. The standard InChI is InChI=1S/C20H19FN6O4/c21-11-7-12-15-2-6-30-27(15)17-1-4-26-18(25-17)13(9-23-26)19(28)24-14-10-29-5-3-16(14)31-20(12)22-8-11/h1,4,7-9,14-16H,2-3,5-6,10H2,(H,24,28)/t14?,15-,16+/m1/s1. The number of fused-ring (bicyclic) bond motifs is 6. The van der Waals surface area contributed by atoms with Crippen LogP contribution < -0.4 is 15.1 Å². The smallest absolute Gasteiger partial charge is 0.257 e. The maximum Gasteiger partial charge on any atom is 0.257 e. The number of pyridine rings is 1. The quantitative estimate of drug-likeness (QED) is 0.576. The van der Waals surface area contributed by atoms with E-state index in [0.717, 1.165) is 6.20 Å². The molecule has 0 aromatic carbocycles. The van der Waals surface area contributed by atoms with Crippen molar-refractivity contribution in [3.05, 3.63) is 47.7 Å². The molecule has 11 heteroatoms. The number of carbonyl (C=O) groups is 1. The van der Waals surface area contributed by atoms with Crippen LogP contribution in [0, 0.1) is 5.82 Å². The third kappa shape index (κ3) is 3.08. The highest BCUT2D eigenvalue weighted by molar-refractivity contribution is 6.00. The molecule has 2 bridgehead atoms. The number of rotatable bonds is 0. The summed E-state index contributed by atoms with van der Waals surface area (Å²) in [5.41, 5.74) is 1.31. The van der Waals surface area contributed by atoms with Crippen LogP contribution in [0.2, 0.25) is 0 Å². The summed E-state index contributed by atoms with van der Waals surface area (Å²) in [5.74, 6) is 0.0159.